The molecular formula is C18H25NO4. The lowest BCUT2D eigenvalue weighted by Gasteiger charge is -2.29. The fourth-order valence-electron chi connectivity index (χ4n) is 2.74. The van der Waals surface area contributed by atoms with Crippen molar-refractivity contribution in [2.75, 3.05) is 13.2 Å². The molecule has 1 aromatic carbocycles. The first-order valence-electron chi connectivity index (χ1n) is 8.08. The van der Waals surface area contributed by atoms with Crippen LogP contribution >= 0.6 is 0 Å². The Bertz CT molecular complexity index is 577. The molecule has 1 unspecified atom stereocenters. The normalized spacial score (nSPS) is 17.9. The van der Waals surface area contributed by atoms with Crippen LogP contribution in [0.15, 0.2) is 24.3 Å². The number of hydrogen-bond acceptors (Lipinski definition) is 4. The van der Waals surface area contributed by atoms with Crippen molar-refractivity contribution in [2.45, 2.75) is 52.2 Å². The van der Waals surface area contributed by atoms with Gasteiger partial charge in [-0.15, -0.1) is 0 Å². The van der Waals surface area contributed by atoms with E-state index in [9.17, 15) is 9.59 Å². The van der Waals surface area contributed by atoms with E-state index in [2.05, 4.69) is 0 Å². The van der Waals surface area contributed by atoms with Gasteiger partial charge in [-0.1, -0.05) is 12.1 Å². The first-order valence-corrected chi connectivity index (χ1v) is 8.08. The van der Waals surface area contributed by atoms with Crippen molar-refractivity contribution in [3.63, 3.8) is 0 Å². The summed E-state index contributed by atoms with van der Waals surface area (Å²) in [6, 6.07) is 7.25. The molecule has 0 saturated carbocycles. The Hall–Kier alpha value is -2.04. The molecule has 1 aliphatic heterocycles. The summed E-state index contributed by atoms with van der Waals surface area (Å²) in [4.78, 5) is 26.0. The average Bonchev–Trinajstić information content (AvgIpc) is 2.95. The van der Waals surface area contributed by atoms with Crippen LogP contribution in [0.3, 0.4) is 0 Å². The van der Waals surface area contributed by atoms with E-state index in [1.54, 1.807) is 17.9 Å². The molecule has 5 nitrogen and oxygen atoms in total. The minimum Gasteiger partial charge on any atom is -0.462 e. The number of amides is 1. The van der Waals surface area contributed by atoms with Crippen LogP contribution in [0.5, 0.6) is 0 Å². The van der Waals surface area contributed by atoms with Gasteiger partial charge in [-0.3, -0.25) is 0 Å². The van der Waals surface area contributed by atoms with Crippen molar-refractivity contribution in [2.24, 2.45) is 0 Å². The monoisotopic (exact) mass is 319 g/mol. The molecule has 0 spiro atoms. The Labute approximate surface area is 137 Å². The Morgan fingerprint density at radius 1 is 1.30 bits per heavy atom. The minimum atomic E-state index is -0.517. The summed E-state index contributed by atoms with van der Waals surface area (Å²) in [5, 5.41) is 0. The van der Waals surface area contributed by atoms with Crippen molar-refractivity contribution in [1.82, 2.24) is 4.90 Å². The molecule has 1 atom stereocenters. The minimum absolute atomic E-state index is 0.0563. The molecule has 0 radical (unpaired) electrons. The van der Waals surface area contributed by atoms with Gasteiger partial charge < -0.3 is 14.4 Å². The molecule has 1 fully saturated rings. The number of carbonyl (C=O) groups is 2. The van der Waals surface area contributed by atoms with Gasteiger partial charge in [0, 0.05) is 6.54 Å². The van der Waals surface area contributed by atoms with Gasteiger partial charge >= 0.3 is 12.1 Å². The van der Waals surface area contributed by atoms with Crippen LogP contribution in [0.2, 0.25) is 0 Å². The SMILES string of the molecule is CCOC(=O)c1cccc(C2CCCN2C(=O)OC(C)(C)C)c1. The lowest BCUT2D eigenvalue weighted by Crippen LogP contribution is -2.36. The van der Waals surface area contributed by atoms with Gasteiger partial charge in [-0.2, -0.15) is 0 Å². The molecule has 1 aliphatic rings. The zero-order chi connectivity index (χ0) is 17.0. The Morgan fingerprint density at radius 2 is 2.04 bits per heavy atom. The number of rotatable bonds is 3. The lowest BCUT2D eigenvalue weighted by atomic mass is 10.0. The van der Waals surface area contributed by atoms with Crippen LogP contribution in [-0.2, 0) is 9.47 Å². The second-order valence-corrected chi connectivity index (χ2v) is 6.68. The van der Waals surface area contributed by atoms with Gasteiger partial charge in [0.05, 0.1) is 18.2 Å². The van der Waals surface area contributed by atoms with Crippen LogP contribution in [0.1, 0.15) is 62.5 Å². The summed E-state index contributed by atoms with van der Waals surface area (Å²) in [7, 11) is 0. The highest BCUT2D eigenvalue weighted by Crippen LogP contribution is 2.33. The number of esters is 1. The van der Waals surface area contributed by atoms with Crippen molar-refractivity contribution in [3.8, 4) is 0 Å². The quantitative estimate of drug-likeness (QED) is 0.792. The average molecular weight is 319 g/mol. The summed E-state index contributed by atoms with van der Waals surface area (Å²) >= 11 is 0. The first-order chi connectivity index (χ1) is 10.8. The van der Waals surface area contributed by atoms with Gasteiger partial charge in [0.15, 0.2) is 0 Å². The molecule has 0 bridgehead atoms. The molecule has 1 saturated heterocycles. The van der Waals surface area contributed by atoms with Crippen LogP contribution in [0.25, 0.3) is 0 Å². The molecule has 5 heteroatoms. The third-order valence-electron chi connectivity index (χ3n) is 3.66. The Balaban J connectivity index is 2.18. The molecule has 0 aromatic heterocycles. The van der Waals surface area contributed by atoms with E-state index < -0.39 is 5.60 Å². The van der Waals surface area contributed by atoms with Crippen LogP contribution in [0, 0.1) is 0 Å². The fourth-order valence-corrected chi connectivity index (χ4v) is 2.74. The number of carbonyl (C=O) groups excluding carboxylic acids is 2. The van der Waals surface area contributed by atoms with Gasteiger partial charge in [-0.25, -0.2) is 9.59 Å². The van der Waals surface area contributed by atoms with Crippen LogP contribution in [-0.4, -0.2) is 35.7 Å². The van der Waals surface area contributed by atoms with E-state index in [1.807, 2.05) is 39.0 Å². The highest BCUT2D eigenvalue weighted by molar-refractivity contribution is 5.89. The summed E-state index contributed by atoms with van der Waals surface area (Å²) in [5.74, 6) is -0.337. The highest BCUT2D eigenvalue weighted by Gasteiger charge is 2.33. The van der Waals surface area contributed by atoms with E-state index in [0.717, 1.165) is 18.4 Å². The molecule has 126 valence electrons. The van der Waals surface area contributed by atoms with Crippen molar-refractivity contribution < 1.29 is 19.1 Å². The molecule has 1 heterocycles. The topological polar surface area (TPSA) is 55.8 Å². The molecule has 0 aliphatic carbocycles. The van der Waals surface area contributed by atoms with E-state index in [-0.39, 0.29) is 18.1 Å². The molecule has 23 heavy (non-hydrogen) atoms. The zero-order valence-corrected chi connectivity index (χ0v) is 14.3. The Morgan fingerprint density at radius 3 is 2.70 bits per heavy atom. The van der Waals surface area contributed by atoms with E-state index in [4.69, 9.17) is 9.47 Å². The maximum absolute atomic E-state index is 12.4. The number of ether oxygens (including phenoxy) is 2. The van der Waals surface area contributed by atoms with Gasteiger partial charge in [0.25, 0.3) is 0 Å². The summed E-state index contributed by atoms with van der Waals surface area (Å²) < 4.78 is 10.5. The van der Waals surface area contributed by atoms with Crippen molar-refractivity contribution in [1.29, 1.82) is 0 Å². The first kappa shape index (κ1) is 17.3. The number of likely N-dealkylation sites (tertiary alicyclic amines) is 1. The standard InChI is InChI=1S/C18H25NO4/c1-5-22-16(20)14-9-6-8-13(12-14)15-10-7-11-19(15)17(21)23-18(2,3)4/h6,8-9,12,15H,5,7,10-11H2,1-4H3. The van der Waals surface area contributed by atoms with Crippen LogP contribution in [0.4, 0.5) is 4.79 Å². The number of benzene rings is 1. The smallest absolute Gasteiger partial charge is 0.410 e. The maximum atomic E-state index is 12.4. The highest BCUT2D eigenvalue weighted by atomic mass is 16.6. The predicted molar refractivity (Wildman–Crippen MR) is 87.3 cm³/mol. The van der Waals surface area contributed by atoms with E-state index >= 15 is 0 Å². The number of nitrogens with zero attached hydrogens (tertiary/aromatic N) is 1. The van der Waals surface area contributed by atoms with Crippen molar-refractivity contribution in [3.05, 3.63) is 35.4 Å². The van der Waals surface area contributed by atoms with Gasteiger partial charge in [0.1, 0.15) is 5.60 Å². The third-order valence-corrected chi connectivity index (χ3v) is 3.66. The molecule has 2 rings (SSSR count). The van der Waals surface area contributed by atoms with Gasteiger partial charge in [-0.05, 0) is 58.2 Å². The summed E-state index contributed by atoms with van der Waals surface area (Å²) in [6.07, 6.45) is 1.49. The molecule has 1 aromatic rings. The fraction of sp³-hybridized carbons (Fsp3) is 0.556. The Kier molecular flexibility index (Phi) is 5.29. The molecule has 0 N–H and O–H groups in total. The predicted octanol–water partition coefficient (Wildman–Crippen LogP) is 3.94. The van der Waals surface area contributed by atoms with E-state index in [1.165, 1.54) is 0 Å². The van der Waals surface area contributed by atoms with Gasteiger partial charge in [0.2, 0.25) is 0 Å². The summed E-state index contributed by atoms with van der Waals surface area (Å²) in [6.45, 7) is 8.37. The zero-order valence-electron chi connectivity index (χ0n) is 14.3. The third kappa shape index (κ3) is 4.47. The second kappa shape index (κ2) is 7.02. The van der Waals surface area contributed by atoms with E-state index in [0.29, 0.717) is 18.7 Å². The largest absolute Gasteiger partial charge is 0.462 e. The van der Waals surface area contributed by atoms with Crippen molar-refractivity contribution >= 4 is 12.1 Å². The maximum Gasteiger partial charge on any atom is 0.410 e. The van der Waals surface area contributed by atoms with Crippen LogP contribution < -0.4 is 0 Å². The lowest BCUT2D eigenvalue weighted by molar-refractivity contribution is 0.0224. The molecule has 1 amide bonds. The summed E-state index contributed by atoms with van der Waals surface area (Å²) in [5.41, 5.74) is 0.941. The molecular weight excluding hydrogens is 294 g/mol. The number of hydrogen-bond donors (Lipinski definition) is 0. The second-order valence-electron chi connectivity index (χ2n) is 6.68.